The summed E-state index contributed by atoms with van der Waals surface area (Å²) in [6.45, 7) is 4.97. The lowest BCUT2D eigenvalue weighted by Crippen LogP contribution is -2.72. The Labute approximate surface area is 162 Å². The van der Waals surface area contributed by atoms with Crippen molar-refractivity contribution in [3.8, 4) is 0 Å². The van der Waals surface area contributed by atoms with E-state index in [9.17, 15) is 24.9 Å². The van der Waals surface area contributed by atoms with Crippen molar-refractivity contribution in [1.29, 1.82) is 0 Å². The van der Waals surface area contributed by atoms with Crippen LogP contribution >= 0.6 is 0 Å². The van der Waals surface area contributed by atoms with Crippen molar-refractivity contribution in [1.82, 2.24) is 0 Å². The van der Waals surface area contributed by atoms with Crippen molar-refractivity contribution in [2.24, 2.45) is 23.7 Å². The van der Waals surface area contributed by atoms with Gasteiger partial charge in [-0.05, 0) is 25.7 Å². The Hall–Kier alpha value is -1.48. The van der Waals surface area contributed by atoms with E-state index in [0.717, 1.165) is 0 Å². The summed E-state index contributed by atoms with van der Waals surface area (Å²) in [5.74, 6) is -3.95. The number of rotatable bonds is 1. The van der Waals surface area contributed by atoms with Crippen LogP contribution in [0.5, 0.6) is 0 Å². The van der Waals surface area contributed by atoms with Crippen molar-refractivity contribution < 1.29 is 39.1 Å². The first-order valence-electron chi connectivity index (χ1n) is 9.86. The van der Waals surface area contributed by atoms with E-state index in [1.807, 2.05) is 6.92 Å². The van der Waals surface area contributed by atoms with Gasteiger partial charge in [0.1, 0.15) is 16.9 Å². The lowest BCUT2D eigenvalue weighted by Gasteiger charge is -2.58. The number of allylic oxidation sites excluding steroid dienone is 1. The summed E-state index contributed by atoms with van der Waals surface area (Å²) in [4.78, 5) is 26.6. The van der Waals surface area contributed by atoms with Gasteiger partial charge in [-0.1, -0.05) is 13.8 Å². The molecule has 3 N–H and O–H groups in total. The van der Waals surface area contributed by atoms with Gasteiger partial charge in [0.15, 0.2) is 17.0 Å². The van der Waals surface area contributed by atoms with Gasteiger partial charge in [-0.15, -0.1) is 0 Å². The van der Waals surface area contributed by atoms with E-state index in [1.165, 1.54) is 14.0 Å². The summed E-state index contributed by atoms with van der Waals surface area (Å²) in [5.41, 5.74) is -4.67. The molecule has 0 aromatic heterocycles. The highest BCUT2D eigenvalue weighted by atomic mass is 16.6. The van der Waals surface area contributed by atoms with Crippen LogP contribution in [0.15, 0.2) is 11.3 Å². The van der Waals surface area contributed by atoms with E-state index in [4.69, 9.17) is 14.2 Å². The third-order valence-electron chi connectivity index (χ3n) is 7.86. The Balaban J connectivity index is 1.87. The third-order valence-corrected chi connectivity index (χ3v) is 7.86. The molecule has 0 unspecified atom stereocenters. The van der Waals surface area contributed by atoms with Crippen LogP contribution in [0.1, 0.15) is 33.6 Å². The summed E-state index contributed by atoms with van der Waals surface area (Å²) in [7, 11) is 1.44. The summed E-state index contributed by atoms with van der Waals surface area (Å²) < 4.78 is 17.9. The third kappa shape index (κ3) is 1.69. The van der Waals surface area contributed by atoms with E-state index >= 15 is 0 Å². The molecule has 2 spiro atoms. The average molecular weight is 394 g/mol. The molecule has 6 aliphatic rings. The van der Waals surface area contributed by atoms with Gasteiger partial charge in [0.2, 0.25) is 0 Å². The number of Topliss-reactive ketones (excluding diaryl/α,β-unsaturated/α-hetero) is 1. The van der Waals surface area contributed by atoms with Gasteiger partial charge in [-0.25, -0.2) is 4.79 Å². The molecule has 0 aromatic rings. The molecular weight excluding hydrogens is 368 g/mol. The second kappa shape index (κ2) is 5.16. The molecule has 3 aliphatic heterocycles. The lowest BCUT2D eigenvalue weighted by molar-refractivity contribution is -0.303. The summed E-state index contributed by atoms with van der Waals surface area (Å²) >= 11 is 0. The highest BCUT2D eigenvalue weighted by molar-refractivity contribution is 6.01. The fraction of sp³-hybridized carbons (Fsp3) is 0.800. The normalized spacial score (nSPS) is 59.7. The lowest BCUT2D eigenvalue weighted by atomic mass is 9.59. The van der Waals surface area contributed by atoms with Gasteiger partial charge >= 0.3 is 5.97 Å². The number of fused-ring (bicyclic) bond motifs is 1. The number of hydrogen-bond donors (Lipinski definition) is 3. The Morgan fingerprint density at radius 2 is 1.89 bits per heavy atom. The van der Waals surface area contributed by atoms with Crippen LogP contribution < -0.4 is 0 Å². The molecule has 2 saturated carbocycles. The number of aliphatic hydroxyl groups is 3. The predicted molar refractivity (Wildman–Crippen MR) is 93.1 cm³/mol. The highest BCUT2D eigenvalue weighted by Gasteiger charge is 2.88. The molecule has 0 radical (unpaired) electrons. The standard InChI is InChI=1S/C20H26O8/c1-7-5-18(3,25)16(23)11-15(26-4)9-13(22)14-8(2)6-19(9)20(11,27-14)10(12(7)21)17(24)28-19/h7-9,11,13-15,21-22,25H,5-6H2,1-4H3/b12-10+/t7-,8-,9+,11+,13-,14-,15-,18-,19-,20-/m1/s1. The number of carbonyl (C=O) groups is 2. The first-order chi connectivity index (χ1) is 13.0. The van der Waals surface area contributed by atoms with E-state index in [-0.39, 0.29) is 23.7 Å². The van der Waals surface area contributed by atoms with Crippen LogP contribution in [0.2, 0.25) is 0 Å². The fourth-order valence-electron chi connectivity index (χ4n) is 6.95. The van der Waals surface area contributed by atoms with Crippen molar-refractivity contribution in [2.45, 2.75) is 68.7 Å². The molecule has 5 fully saturated rings. The highest BCUT2D eigenvalue weighted by Crippen LogP contribution is 2.71. The van der Waals surface area contributed by atoms with E-state index < -0.39 is 64.6 Å². The summed E-state index contributed by atoms with van der Waals surface area (Å²) in [5, 5.41) is 33.0. The molecule has 8 nitrogen and oxygen atoms in total. The topological polar surface area (TPSA) is 123 Å². The molecule has 0 amide bonds. The molecule has 0 aromatic carbocycles. The molecule has 154 valence electrons. The van der Waals surface area contributed by atoms with E-state index in [1.54, 1.807) is 6.92 Å². The number of esters is 1. The van der Waals surface area contributed by atoms with Gasteiger partial charge < -0.3 is 29.5 Å². The number of hydrogen-bond acceptors (Lipinski definition) is 8. The van der Waals surface area contributed by atoms with Crippen LogP contribution in [-0.2, 0) is 23.8 Å². The van der Waals surface area contributed by atoms with Gasteiger partial charge in [-0.2, -0.15) is 0 Å². The Morgan fingerprint density at radius 1 is 1.21 bits per heavy atom. The maximum Gasteiger partial charge on any atom is 0.341 e. The molecule has 6 rings (SSSR count). The molecule has 3 aliphatic carbocycles. The van der Waals surface area contributed by atoms with Crippen LogP contribution in [-0.4, -0.2) is 69.3 Å². The van der Waals surface area contributed by atoms with Crippen molar-refractivity contribution >= 4 is 11.8 Å². The molecular formula is C20H26O8. The zero-order chi connectivity index (χ0) is 20.4. The maximum absolute atomic E-state index is 13.6. The first-order valence-corrected chi connectivity index (χ1v) is 9.86. The fourth-order valence-corrected chi connectivity index (χ4v) is 6.95. The minimum absolute atomic E-state index is 0.0396. The Bertz CT molecular complexity index is 817. The van der Waals surface area contributed by atoms with Crippen LogP contribution in [0.4, 0.5) is 0 Å². The Morgan fingerprint density at radius 3 is 2.54 bits per heavy atom. The number of methoxy groups -OCH3 is 1. The zero-order valence-electron chi connectivity index (χ0n) is 16.3. The largest absolute Gasteiger partial charge is 0.511 e. The monoisotopic (exact) mass is 394 g/mol. The van der Waals surface area contributed by atoms with Gasteiger partial charge in [0, 0.05) is 13.0 Å². The Kier molecular flexibility index (Phi) is 3.42. The van der Waals surface area contributed by atoms with Crippen LogP contribution in [0.25, 0.3) is 0 Å². The SMILES string of the molecule is CO[C@@H]1[C@@H]2[C@@H](O)[C@@H]3O[C@]45/C(=C(/O)[C@H](C)C[C@@](C)(O)C(=O)[C@H]14)C(=O)O[C@]25C[C@H]3C. The van der Waals surface area contributed by atoms with Crippen LogP contribution in [0.3, 0.4) is 0 Å². The molecule has 3 heterocycles. The minimum Gasteiger partial charge on any atom is -0.511 e. The quantitative estimate of drug-likeness (QED) is 0.541. The van der Waals surface area contributed by atoms with Gasteiger partial charge in [0.25, 0.3) is 0 Å². The molecule has 10 atom stereocenters. The van der Waals surface area contributed by atoms with E-state index in [2.05, 4.69) is 0 Å². The van der Waals surface area contributed by atoms with Gasteiger partial charge in [-0.3, -0.25) is 4.79 Å². The number of ketones is 1. The number of ether oxygens (including phenoxy) is 3. The van der Waals surface area contributed by atoms with Crippen molar-refractivity contribution in [3.63, 3.8) is 0 Å². The summed E-state index contributed by atoms with van der Waals surface area (Å²) in [6.07, 6.45) is -2.08. The second-order valence-corrected chi connectivity index (χ2v) is 9.48. The predicted octanol–water partition coefficient (Wildman–Crippen LogP) is 0.253. The molecule has 28 heavy (non-hydrogen) atoms. The average Bonchev–Trinajstić information content (AvgIpc) is 2.94. The van der Waals surface area contributed by atoms with E-state index in [0.29, 0.717) is 6.42 Å². The molecule has 4 bridgehead atoms. The molecule has 8 heteroatoms. The second-order valence-electron chi connectivity index (χ2n) is 9.48. The van der Waals surface area contributed by atoms with Crippen molar-refractivity contribution in [3.05, 3.63) is 11.3 Å². The number of carbonyl (C=O) groups excluding carboxylic acids is 2. The first kappa shape index (κ1) is 18.5. The zero-order valence-corrected chi connectivity index (χ0v) is 16.3. The summed E-state index contributed by atoms with van der Waals surface area (Å²) in [6, 6.07) is 0. The van der Waals surface area contributed by atoms with Gasteiger partial charge in [0.05, 0.1) is 30.1 Å². The minimum atomic E-state index is -1.75. The van der Waals surface area contributed by atoms with Crippen LogP contribution in [0, 0.1) is 23.7 Å². The maximum atomic E-state index is 13.6. The number of aliphatic hydroxyl groups excluding tert-OH is 2. The molecule has 3 saturated heterocycles. The van der Waals surface area contributed by atoms with Crippen molar-refractivity contribution in [2.75, 3.05) is 7.11 Å². The smallest absolute Gasteiger partial charge is 0.341 e.